The normalized spacial score (nSPS) is 13.9. The first-order chi connectivity index (χ1) is 16.4. The van der Waals surface area contributed by atoms with Crippen molar-refractivity contribution in [2.75, 3.05) is 25.2 Å². The van der Waals surface area contributed by atoms with Gasteiger partial charge in [-0.25, -0.2) is 4.79 Å². The van der Waals surface area contributed by atoms with E-state index in [0.29, 0.717) is 25.1 Å². The molecule has 1 aliphatic rings. The Morgan fingerprint density at radius 3 is 2.24 bits per heavy atom. The highest BCUT2D eigenvalue weighted by Crippen LogP contribution is 2.44. The van der Waals surface area contributed by atoms with E-state index in [1.54, 1.807) is 11.8 Å². The molecule has 0 saturated carbocycles. The molecule has 0 heterocycles. The number of fused-ring (bicyclic) bond motifs is 3. The number of carbonyl (C=O) groups is 3. The van der Waals surface area contributed by atoms with E-state index < -0.39 is 18.1 Å². The molecule has 2 aromatic rings. The molecule has 2 atom stereocenters. The Hall–Kier alpha value is -3.00. The van der Waals surface area contributed by atoms with Crippen LogP contribution in [-0.4, -0.2) is 54.3 Å². The van der Waals surface area contributed by atoms with Crippen LogP contribution in [0.25, 0.3) is 11.1 Å². The molecule has 3 rings (SSSR count). The van der Waals surface area contributed by atoms with Gasteiger partial charge in [-0.1, -0.05) is 55.5 Å². The average molecular weight is 485 g/mol. The summed E-state index contributed by atoms with van der Waals surface area (Å²) >= 11 is 1.59. The average Bonchev–Trinajstić information content (AvgIpc) is 3.16. The van der Waals surface area contributed by atoms with Crippen molar-refractivity contribution in [2.24, 2.45) is 5.92 Å². The Morgan fingerprint density at radius 2 is 1.65 bits per heavy atom. The van der Waals surface area contributed by atoms with E-state index in [4.69, 9.17) is 9.84 Å². The van der Waals surface area contributed by atoms with Crippen molar-refractivity contribution < 1.29 is 24.2 Å². The molecule has 2 unspecified atom stereocenters. The van der Waals surface area contributed by atoms with Gasteiger partial charge in [-0.2, -0.15) is 11.8 Å². The van der Waals surface area contributed by atoms with Crippen molar-refractivity contribution in [1.82, 2.24) is 10.6 Å². The molecule has 0 fully saturated rings. The summed E-state index contributed by atoms with van der Waals surface area (Å²) in [6.07, 6.45) is 2.33. The maximum Gasteiger partial charge on any atom is 0.407 e. The topological polar surface area (TPSA) is 105 Å². The molecule has 0 aromatic heterocycles. The quantitative estimate of drug-likeness (QED) is 0.416. The van der Waals surface area contributed by atoms with Crippen LogP contribution in [0.5, 0.6) is 0 Å². The smallest absolute Gasteiger partial charge is 0.407 e. The second-order valence-corrected chi connectivity index (χ2v) is 9.57. The second-order valence-electron chi connectivity index (χ2n) is 8.59. The molecular formula is C26H32N2O5S. The minimum absolute atomic E-state index is 0.0238. The molecule has 1 aliphatic carbocycles. The highest BCUT2D eigenvalue weighted by atomic mass is 32.2. The second kappa shape index (κ2) is 12.5. The number of ether oxygens (including phenoxy) is 1. The van der Waals surface area contributed by atoms with E-state index in [1.807, 2.05) is 37.4 Å². The summed E-state index contributed by atoms with van der Waals surface area (Å²) in [5.74, 6) is -0.462. The molecule has 3 N–H and O–H groups in total. The van der Waals surface area contributed by atoms with Gasteiger partial charge >= 0.3 is 12.1 Å². The van der Waals surface area contributed by atoms with Crippen LogP contribution in [0.15, 0.2) is 48.5 Å². The van der Waals surface area contributed by atoms with Gasteiger partial charge in [-0.15, -0.1) is 0 Å². The molecule has 182 valence electrons. The first-order valence-corrected chi connectivity index (χ1v) is 12.9. The van der Waals surface area contributed by atoms with Gasteiger partial charge in [-0.05, 0) is 53.0 Å². The maximum atomic E-state index is 12.7. The number of benzene rings is 2. The van der Waals surface area contributed by atoms with Crippen LogP contribution in [0.3, 0.4) is 0 Å². The van der Waals surface area contributed by atoms with Crippen LogP contribution in [0.4, 0.5) is 4.79 Å². The number of aliphatic carboxylic acids is 1. The van der Waals surface area contributed by atoms with Gasteiger partial charge < -0.3 is 20.5 Å². The number of hydrogen-bond donors (Lipinski definition) is 3. The summed E-state index contributed by atoms with van der Waals surface area (Å²) in [4.78, 5) is 36.1. The zero-order valence-corrected chi connectivity index (χ0v) is 20.4. The number of rotatable bonds is 12. The summed E-state index contributed by atoms with van der Waals surface area (Å²) in [5, 5.41) is 14.4. The van der Waals surface area contributed by atoms with Gasteiger partial charge in [0.05, 0.1) is 0 Å². The summed E-state index contributed by atoms with van der Waals surface area (Å²) in [5.41, 5.74) is 4.56. The van der Waals surface area contributed by atoms with Crippen LogP contribution in [0.2, 0.25) is 0 Å². The molecule has 2 amide bonds. The number of carboxylic acids is 1. The third-order valence-corrected chi connectivity index (χ3v) is 6.68. The lowest BCUT2D eigenvalue weighted by Gasteiger charge is -2.20. The maximum absolute atomic E-state index is 12.7. The van der Waals surface area contributed by atoms with E-state index >= 15 is 0 Å². The van der Waals surface area contributed by atoms with Gasteiger partial charge in [0.1, 0.15) is 12.6 Å². The molecule has 0 radical (unpaired) electrons. The Labute approximate surface area is 204 Å². The standard InChI is InChI=1S/C26H32N2O5S/c1-17(11-12-24(29)30)15-27-25(31)23(13-14-34-2)28-26(32)33-16-22-20-9-5-3-7-18(20)19-8-4-6-10-21(19)22/h3-10,17,22-23H,11-16H2,1-2H3,(H,27,31)(H,28,32)(H,29,30). The minimum atomic E-state index is -0.854. The first-order valence-electron chi connectivity index (χ1n) is 11.5. The van der Waals surface area contributed by atoms with Crippen LogP contribution in [0, 0.1) is 5.92 Å². The lowest BCUT2D eigenvalue weighted by Crippen LogP contribution is -2.48. The third-order valence-electron chi connectivity index (χ3n) is 6.04. The van der Waals surface area contributed by atoms with Crippen molar-refractivity contribution in [2.45, 2.75) is 38.1 Å². The van der Waals surface area contributed by atoms with Crippen LogP contribution >= 0.6 is 11.8 Å². The van der Waals surface area contributed by atoms with Crippen LogP contribution in [0.1, 0.15) is 43.2 Å². The molecular weight excluding hydrogens is 452 g/mol. The highest BCUT2D eigenvalue weighted by molar-refractivity contribution is 7.98. The molecule has 0 aliphatic heterocycles. The predicted octanol–water partition coefficient (Wildman–Crippen LogP) is 4.26. The highest BCUT2D eigenvalue weighted by Gasteiger charge is 2.29. The van der Waals surface area contributed by atoms with E-state index in [-0.39, 0.29) is 30.8 Å². The largest absolute Gasteiger partial charge is 0.481 e. The van der Waals surface area contributed by atoms with Crippen molar-refractivity contribution in [3.05, 3.63) is 59.7 Å². The van der Waals surface area contributed by atoms with Gasteiger partial charge in [0.25, 0.3) is 0 Å². The molecule has 0 spiro atoms. The zero-order chi connectivity index (χ0) is 24.5. The molecule has 7 nitrogen and oxygen atoms in total. The summed E-state index contributed by atoms with van der Waals surface area (Å²) < 4.78 is 5.59. The number of thioether (sulfide) groups is 1. The Kier molecular flexibility index (Phi) is 9.39. The Bertz CT molecular complexity index is 967. The fourth-order valence-corrected chi connectivity index (χ4v) is 4.63. The predicted molar refractivity (Wildman–Crippen MR) is 134 cm³/mol. The first kappa shape index (κ1) is 25.6. The number of alkyl carbamates (subject to hydrolysis) is 1. The fraction of sp³-hybridized carbons (Fsp3) is 0.423. The summed E-state index contributed by atoms with van der Waals surface area (Å²) in [6, 6.07) is 15.5. The summed E-state index contributed by atoms with van der Waals surface area (Å²) in [7, 11) is 0. The van der Waals surface area contributed by atoms with Crippen molar-refractivity contribution in [1.29, 1.82) is 0 Å². The van der Waals surface area contributed by atoms with Gasteiger partial charge in [0, 0.05) is 18.9 Å². The Morgan fingerprint density at radius 1 is 1.03 bits per heavy atom. The molecule has 0 saturated heterocycles. The van der Waals surface area contributed by atoms with E-state index in [1.165, 1.54) is 0 Å². The monoisotopic (exact) mass is 484 g/mol. The molecule has 0 bridgehead atoms. The lowest BCUT2D eigenvalue weighted by molar-refractivity contribution is -0.137. The third kappa shape index (κ3) is 6.76. The number of amides is 2. The number of nitrogens with one attached hydrogen (secondary N) is 2. The van der Waals surface area contributed by atoms with Gasteiger partial charge in [0.2, 0.25) is 5.91 Å². The number of hydrogen-bond acceptors (Lipinski definition) is 5. The van der Waals surface area contributed by atoms with Crippen molar-refractivity contribution in [3.63, 3.8) is 0 Å². The molecule has 2 aromatic carbocycles. The number of carboxylic acid groups (broad SMARTS) is 1. The fourth-order valence-electron chi connectivity index (χ4n) is 4.16. The van der Waals surface area contributed by atoms with Crippen molar-refractivity contribution in [3.8, 4) is 11.1 Å². The Balaban J connectivity index is 1.56. The van der Waals surface area contributed by atoms with E-state index in [9.17, 15) is 14.4 Å². The SMILES string of the molecule is CSCCC(NC(=O)OCC1c2ccccc2-c2ccccc21)C(=O)NCC(C)CCC(=O)O. The van der Waals surface area contributed by atoms with Gasteiger partial charge in [0.15, 0.2) is 0 Å². The molecule has 8 heteroatoms. The lowest BCUT2D eigenvalue weighted by atomic mass is 9.98. The summed E-state index contributed by atoms with van der Waals surface area (Å²) in [6.45, 7) is 2.43. The molecule has 34 heavy (non-hydrogen) atoms. The van der Waals surface area contributed by atoms with E-state index in [2.05, 4.69) is 34.9 Å². The minimum Gasteiger partial charge on any atom is -0.481 e. The van der Waals surface area contributed by atoms with E-state index in [0.717, 1.165) is 22.3 Å². The zero-order valence-electron chi connectivity index (χ0n) is 19.6. The van der Waals surface area contributed by atoms with Crippen LogP contribution in [-0.2, 0) is 14.3 Å². The van der Waals surface area contributed by atoms with Crippen LogP contribution < -0.4 is 10.6 Å². The van der Waals surface area contributed by atoms with Gasteiger partial charge in [-0.3, -0.25) is 9.59 Å². The number of carbonyl (C=O) groups excluding carboxylic acids is 2. The van der Waals surface area contributed by atoms with Crippen molar-refractivity contribution >= 4 is 29.7 Å².